The largest absolute Gasteiger partial charge is 0.332 e. The zero-order valence-electron chi connectivity index (χ0n) is 18.3. The number of imidazole rings is 1. The second kappa shape index (κ2) is 10.7. The summed E-state index contributed by atoms with van der Waals surface area (Å²) in [5.41, 5.74) is 1.41. The van der Waals surface area contributed by atoms with Crippen LogP contribution in [0.25, 0.3) is 11.2 Å². The molecule has 0 radical (unpaired) electrons. The van der Waals surface area contributed by atoms with E-state index in [0.717, 1.165) is 27.5 Å². The van der Waals surface area contributed by atoms with E-state index in [1.807, 2.05) is 34.9 Å². The molecule has 0 saturated heterocycles. The molecule has 0 fully saturated rings. The second-order valence-electron chi connectivity index (χ2n) is 7.81. The van der Waals surface area contributed by atoms with Crippen LogP contribution in [0, 0.1) is 0 Å². The van der Waals surface area contributed by atoms with Gasteiger partial charge in [-0.3, -0.25) is 13.9 Å². The highest BCUT2D eigenvalue weighted by Crippen LogP contribution is 2.24. The first-order valence-corrected chi connectivity index (χ1v) is 11.9. The lowest BCUT2D eigenvalue weighted by molar-refractivity contribution is 0.603. The van der Waals surface area contributed by atoms with Crippen molar-refractivity contribution >= 4 is 22.9 Å². The van der Waals surface area contributed by atoms with Crippen molar-refractivity contribution in [1.29, 1.82) is 0 Å². The van der Waals surface area contributed by atoms with Crippen LogP contribution in [0.4, 0.5) is 0 Å². The predicted octanol–water partition coefficient (Wildman–Crippen LogP) is 4.32. The molecule has 7 heteroatoms. The molecule has 3 rings (SSSR count). The first kappa shape index (κ1) is 22.4. The van der Waals surface area contributed by atoms with Crippen molar-refractivity contribution in [3.05, 3.63) is 56.7 Å². The third-order valence-electron chi connectivity index (χ3n) is 5.48. The number of unbranched alkanes of at least 4 members (excludes halogenated alkanes) is 6. The van der Waals surface area contributed by atoms with Gasteiger partial charge in [0.05, 0.1) is 6.54 Å². The van der Waals surface area contributed by atoms with E-state index in [2.05, 4.69) is 6.92 Å². The molecule has 0 bridgehead atoms. The molecule has 0 saturated carbocycles. The van der Waals surface area contributed by atoms with E-state index in [0.29, 0.717) is 17.7 Å². The zero-order valence-corrected chi connectivity index (χ0v) is 19.1. The summed E-state index contributed by atoms with van der Waals surface area (Å²) in [5, 5.41) is 0.804. The van der Waals surface area contributed by atoms with Crippen LogP contribution in [0.5, 0.6) is 0 Å². The van der Waals surface area contributed by atoms with Crippen molar-refractivity contribution in [2.75, 3.05) is 5.75 Å². The number of fused-ring (bicyclic) bond motifs is 1. The van der Waals surface area contributed by atoms with E-state index in [1.165, 1.54) is 50.1 Å². The van der Waals surface area contributed by atoms with Gasteiger partial charge in [-0.15, -0.1) is 0 Å². The summed E-state index contributed by atoms with van der Waals surface area (Å²) < 4.78 is 4.60. The van der Waals surface area contributed by atoms with E-state index in [4.69, 9.17) is 4.98 Å². The molecule has 6 nitrogen and oxygen atoms in total. The highest BCUT2D eigenvalue weighted by atomic mass is 32.2. The molecule has 0 aliphatic rings. The third-order valence-corrected chi connectivity index (χ3v) is 6.54. The fourth-order valence-electron chi connectivity index (χ4n) is 3.67. The molecule has 0 amide bonds. The Bertz CT molecular complexity index is 1080. The Morgan fingerprint density at radius 2 is 1.57 bits per heavy atom. The minimum atomic E-state index is -0.347. The maximum atomic E-state index is 12.9. The first-order valence-electron chi connectivity index (χ1n) is 10.9. The second-order valence-corrected chi connectivity index (χ2v) is 8.88. The molecule has 162 valence electrons. The zero-order chi connectivity index (χ0) is 21.5. The monoisotopic (exact) mass is 428 g/mol. The molecule has 0 aliphatic heterocycles. The molecular weight excluding hydrogens is 396 g/mol. The van der Waals surface area contributed by atoms with Crippen LogP contribution in [0.2, 0.25) is 0 Å². The lowest BCUT2D eigenvalue weighted by Gasteiger charge is -2.09. The van der Waals surface area contributed by atoms with Crippen molar-refractivity contribution in [3.63, 3.8) is 0 Å². The Hall–Kier alpha value is -2.28. The normalized spacial score (nSPS) is 11.4. The van der Waals surface area contributed by atoms with Crippen molar-refractivity contribution in [2.45, 2.75) is 63.6 Å². The fourth-order valence-corrected chi connectivity index (χ4v) is 4.67. The van der Waals surface area contributed by atoms with Gasteiger partial charge in [0.25, 0.3) is 5.56 Å². The lowest BCUT2D eigenvalue weighted by Crippen LogP contribution is -2.37. The minimum absolute atomic E-state index is 0.292. The van der Waals surface area contributed by atoms with Gasteiger partial charge < -0.3 is 4.57 Å². The van der Waals surface area contributed by atoms with Gasteiger partial charge in [0.1, 0.15) is 0 Å². The van der Waals surface area contributed by atoms with Crippen molar-refractivity contribution in [3.8, 4) is 0 Å². The first-order chi connectivity index (χ1) is 14.5. The minimum Gasteiger partial charge on any atom is -0.309 e. The number of aryl methyl sites for hydroxylation is 1. The summed E-state index contributed by atoms with van der Waals surface area (Å²) in [4.78, 5) is 30.0. The molecular formula is C23H32N4O2S. The van der Waals surface area contributed by atoms with Crippen LogP contribution < -0.4 is 11.2 Å². The maximum Gasteiger partial charge on any atom is 0.332 e. The Balaban J connectivity index is 1.83. The smallest absolute Gasteiger partial charge is 0.309 e. The summed E-state index contributed by atoms with van der Waals surface area (Å²) in [7, 11) is 3.20. The average molecular weight is 429 g/mol. The van der Waals surface area contributed by atoms with Crippen LogP contribution >= 0.6 is 11.8 Å². The summed E-state index contributed by atoms with van der Waals surface area (Å²) in [6, 6.07) is 10.1. The Kier molecular flexibility index (Phi) is 7.96. The molecule has 30 heavy (non-hydrogen) atoms. The van der Waals surface area contributed by atoms with E-state index < -0.39 is 0 Å². The van der Waals surface area contributed by atoms with Gasteiger partial charge in [0.15, 0.2) is 16.3 Å². The fraction of sp³-hybridized carbons (Fsp3) is 0.522. The van der Waals surface area contributed by atoms with Crippen LogP contribution in [0.1, 0.15) is 57.4 Å². The van der Waals surface area contributed by atoms with E-state index >= 15 is 0 Å². The van der Waals surface area contributed by atoms with Gasteiger partial charge >= 0.3 is 5.69 Å². The number of hydrogen-bond donors (Lipinski definition) is 0. The molecule has 0 aliphatic carbocycles. The Morgan fingerprint density at radius 3 is 2.27 bits per heavy atom. The molecule has 0 atom stereocenters. The molecule has 1 aromatic carbocycles. The summed E-state index contributed by atoms with van der Waals surface area (Å²) in [6.45, 7) is 2.80. The average Bonchev–Trinajstić information content (AvgIpc) is 3.11. The summed E-state index contributed by atoms with van der Waals surface area (Å²) >= 11 is 1.68. The standard InChI is InChI=1S/C23H32N4O2S/c1-4-5-6-7-8-9-13-16-30-22-24-20-19(21(28)26(3)23(29)25(20)2)27(22)17-18-14-11-10-12-15-18/h10-12,14-15H,4-9,13,16-17H2,1-3H3. The van der Waals surface area contributed by atoms with Crippen LogP contribution in [-0.2, 0) is 20.6 Å². The highest BCUT2D eigenvalue weighted by molar-refractivity contribution is 7.99. The van der Waals surface area contributed by atoms with E-state index in [9.17, 15) is 9.59 Å². The van der Waals surface area contributed by atoms with E-state index in [-0.39, 0.29) is 11.2 Å². The third kappa shape index (κ3) is 5.06. The molecule has 2 heterocycles. The Labute approximate surface area is 181 Å². The Morgan fingerprint density at radius 1 is 0.900 bits per heavy atom. The number of hydrogen-bond acceptors (Lipinski definition) is 4. The molecule has 0 spiro atoms. The van der Waals surface area contributed by atoms with Crippen LogP contribution in [0.15, 0.2) is 45.1 Å². The maximum absolute atomic E-state index is 12.9. The molecule has 3 aromatic rings. The van der Waals surface area contributed by atoms with Crippen molar-refractivity contribution in [2.24, 2.45) is 14.1 Å². The van der Waals surface area contributed by atoms with Crippen molar-refractivity contribution < 1.29 is 0 Å². The van der Waals surface area contributed by atoms with Crippen LogP contribution in [-0.4, -0.2) is 24.4 Å². The summed E-state index contributed by atoms with van der Waals surface area (Å²) in [6.07, 6.45) is 8.85. The number of benzene rings is 1. The molecule has 0 N–H and O–H groups in total. The lowest BCUT2D eigenvalue weighted by atomic mass is 10.1. The van der Waals surface area contributed by atoms with Crippen molar-refractivity contribution in [1.82, 2.24) is 18.7 Å². The topological polar surface area (TPSA) is 61.8 Å². The number of rotatable bonds is 11. The van der Waals surface area contributed by atoms with Gasteiger partial charge in [-0.05, 0) is 12.0 Å². The highest BCUT2D eigenvalue weighted by Gasteiger charge is 2.19. The quantitative estimate of drug-likeness (QED) is 0.337. The molecule has 2 aromatic heterocycles. The molecule has 0 unspecified atom stereocenters. The number of aromatic nitrogens is 4. The van der Waals surface area contributed by atoms with Gasteiger partial charge in [-0.1, -0.05) is 87.5 Å². The van der Waals surface area contributed by atoms with Crippen LogP contribution in [0.3, 0.4) is 0 Å². The van der Waals surface area contributed by atoms with Gasteiger partial charge in [-0.25, -0.2) is 9.78 Å². The SMILES string of the molecule is CCCCCCCCCSc1nc2c(c(=O)n(C)c(=O)n2C)n1Cc1ccccc1. The predicted molar refractivity (Wildman–Crippen MR) is 124 cm³/mol. The summed E-state index contributed by atoms with van der Waals surface area (Å²) in [5.74, 6) is 0.958. The van der Waals surface area contributed by atoms with Gasteiger partial charge in [0, 0.05) is 19.8 Å². The van der Waals surface area contributed by atoms with Gasteiger partial charge in [-0.2, -0.15) is 0 Å². The number of thioether (sulfide) groups is 1. The number of nitrogens with zero attached hydrogens (tertiary/aromatic N) is 4. The van der Waals surface area contributed by atoms with Gasteiger partial charge in [0.2, 0.25) is 0 Å². The van der Waals surface area contributed by atoms with E-state index in [1.54, 1.807) is 18.8 Å².